The second-order valence-electron chi connectivity index (χ2n) is 5.48. The van der Waals surface area contributed by atoms with Gasteiger partial charge in [-0.15, -0.1) is 0 Å². The third-order valence-corrected chi connectivity index (χ3v) is 4.11. The van der Waals surface area contributed by atoms with E-state index in [1.165, 1.54) is 0 Å². The van der Waals surface area contributed by atoms with E-state index in [1.54, 1.807) is 24.3 Å². The molecule has 1 aromatic heterocycles. The molecular formula is C18H17ClN2O2. The SMILES string of the molecule is Cn1ccc2cc(C(O)CNC(=O)c3ccc(Cl)cc3)ccc21. The van der Waals surface area contributed by atoms with Gasteiger partial charge in [-0.25, -0.2) is 0 Å². The number of hydrogen-bond donors (Lipinski definition) is 2. The monoisotopic (exact) mass is 328 g/mol. The molecule has 2 aromatic carbocycles. The van der Waals surface area contributed by atoms with Crippen LogP contribution in [0.3, 0.4) is 0 Å². The smallest absolute Gasteiger partial charge is 0.251 e. The molecule has 3 rings (SSSR count). The van der Waals surface area contributed by atoms with E-state index in [0.29, 0.717) is 10.6 Å². The molecule has 118 valence electrons. The van der Waals surface area contributed by atoms with Crippen molar-refractivity contribution in [3.63, 3.8) is 0 Å². The van der Waals surface area contributed by atoms with Gasteiger partial charge < -0.3 is 15.0 Å². The second-order valence-corrected chi connectivity index (χ2v) is 5.91. The quantitative estimate of drug-likeness (QED) is 0.772. The maximum Gasteiger partial charge on any atom is 0.251 e. The van der Waals surface area contributed by atoms with Crippen molar-refractivity contribution in [2.45, 2.75) is 6.10 Å². The Balaban J connectivity index is 1.66. The first-order valence-corrected chi connectivity index (χ1v) is 7.69. The molecule has 0 radical (unpaired) electrons. The first kappa shape index (κ1) is 15.6. The number of halogens is 1. The Bertz CT molecular complexity index is 840. The Morgan fingerprint density at radius 1 is 1.22 bits per heavy atom. The summed E-state index contributed by atoms with van der Waals surface area (Å²) >= 11 is 5.80. The molecule has 4 nitrogen and oxygen atoms in total. The zero-order valence-electron chi connectivity index (χ0n) is 12.7. The minimum absolute atomic E-state index is 0.153. The van der Waals surface area contributed by atoms with Gasteiger partial charge in [-0.2, -0.15) is 0 Å². The van der Waals surface area contributed by atoms with Crippen molar-refractivity contribution in [1.29, 1.82) is 0 Å². The minimum Gasteiger partial charge on any atom is -0.387 e. The number of benzene rings is 2. The van der Waals surface area contributed by atoms with Crippen molar-refractivity contribution in [3.05, 3.63) is 70.9 Å². The number of hydrogen-bond acceptors (Lipinski definition) is 2. The minimum atomic E-state index is -0.754. The van der Waals surface area contributed by atoms with E-state index >= 15 is 0 Å². The summed E-state index contributed by atoms with van der Waals surface area (Å²) in [7, 11) is 1.98. The third kappa shape index (κ3) is 3.38. The van der Waals surface area contributed by atoms with Crippen LogP contribution in [-0.4, -0.2) is 22.1 Å². The molecule has 0 spiro atoms. The largest absolute Gasteiger partial charge is 0.387 e. The van der Waals surface area contributed by atoms with E-state index in [9.17, 15) is 9.90 Å². The van der Waals surface area contributed by atoms with Crippen LogP contribution in [0.2, 0.25) is 5.02 Å². The molecule has 0 aliphatic rings. The summed E-state index contributed by atoms with van der Waals surface area (Å²) in [5.74, 6) is -0.235. The van der Waals surface area contributed by atoms with Crippen LogP contribution < -0.4 is 5.32 Å². The number of fused-ring (bicyclic) bond motifs is 1. The highest BCUT2D eigenvalue weighted by atomic mass is 35.5. The van der Waals surface area contributed by atoms with Gasteiger partial charge in [0.15, 0.2) is 0 Å². The van der Waals surface area contributed by atoms with Crippen molar-refractivity contribution < 1.29 is 9.90 Å². The van der Waals surface area contributed by atoms with E-state index in [0.717, 1.165) is 16.5 Å². The summed E-state index contributed by atoms with van der Waals surface area (Å²) in [6.45, 7) is 0.153. The molecule has 23 heavy (non-hydrogen) atoms. The molecule has 0 saturated carbocycles. The second kappa shape index (κ2) is 6.44. The number of carbonyl (C=O) groups is 1. The fourth-order valence-corrected chi connectivity index (χ4v) is 2.64. The number of aliphatic hydroxyl groups excluding tert-OH is 1. The van der Waals surface area contributed by atoms with Gasteiger partial charge in [0.1, 0.15) is 0 Å². The zero-order chi connectivity index (χ0) is 16.4. The molecule has 0 bridgehead atoms. The van der Waals surface area contributed by atoms with Crippen LogP contribution in [-0.2, 0) is 7.05 Å². The van der Waals surface area contributed by atoms with Gasteiger partial charge in [-0.05, 0) is 53.4 Å². The first-order chi connectivity index (χ1) is 11.0. The number of nitrogens with one attached hydrogen (secondary N) is 1. The lowest BCUT2D eigenvalue weighted by molar-refractivity contribution is 0.0916. The van der Waals surface area contributed by atoms with Crippen molar-refractivity contribution in [2.24, 2.45) is 7.05 Å². The van der Waals surface area contributed by atoms with Crippen LogP contribution in [0.4, 0.5) is 0 Å². The van der Waals surface area contributed by atoms with Crippen LogP contribution in [0.25, 0.3) is 10.9 Å². The highest BCUT2D eigenvalue weighted by Gasteiger charge is 2.12. The Morgan fingerprint density at radius 3 is 2.70 bits per heavy atom. The Morgan fingerprint density at radius 2 is 1.96 bits per heavy atom. The van der Waals surface area contributed by atoms with E-state index in [-0.39, 0.29) is 12.5 Å². The molecule has 1 atom stereocenters. The van der Waals surface area contributed by atoms with Gasteiger partial charge in [0, 0.05) is 35.9 Å². The number of aliphatic hydroxyl groups is 1. The number of nitrogens with zero attached hydrogens (tertiary/aromatic N) is 1. The molecule has 3 aromatic rings. The lowest BCUT2D eigenvalue weighted by Gasteiger charge is -2.13. The normalized spacial score (nSPS) is 12.3. The number of amides is 1. The maximum absolute atomic E-state index is 12.0. The van der Waals surface area contributed by atoms with Gasteiger partial charge in [0.05, 0.1) is 6.10 Å². The molecule has 1 amide bonds. The standard InChI is InChI=1S/C18H17ClN2O2/c1-21-9-8-13-10-14(4-7-16(13)21)17(22)11-20-18(23)12-2-5-15(19)6-3-12/h2-10,17,22H,11H2,1H3,(H,20,23). The fraction of sp³-hybridized carbons (Fsp3) is 0.167. The Kier molecular flexibility index (Phi) is 4.37. The highest BCUT2D eigenvalue weighted by Crippen LogP contribution is 2.21. The number of rotatable bonds is 4. The summed E-state index contributed by atoms with van der Waals surface area (Å²) in [6, 6.07) is 14.4. The number of carbonyl (C=O) groups excluding carboxylic acids is 1. The van der Waals surface area contributed by atoms with E-state index in [1.807, 2.05) is 42.1 Å². The van der Waals surface area contributed by atoms with Crippen molar-refractivity contribution in [2.75, 3.05) is 6.54 Å². The highest BCUT2D eigenvalue weighted by molar-refractivity contribution is 6.30. The Labute approximate surface area is 139 Å². The summed E-state index contributed by atoms with van der Waals surface area (Å²) < 4.78 is 2.02. The molecule has 0 fully saturated rings. The lowest BCUT2D eigenvalue weighted by atomic mass is 10.1. The summed E-state index contributed by atoms with van der Waals surface area (Å²) in [4.78, 5) is 12.0. The molecule has 5 heteroatoms. The van der Waals surface area contributed by atoms with Gasteiger partial charge in [-0.3, -0.25) is 4.79 Å². The lowest BCUT2D eigenvalue weighted by Crippen LogP contribution is -2.28. The fourth-order valence-electron chi connectivity index (χ4n) is 2.52. The molecule has 0 aliphatic heterocycles. The van der Waals surface area contributed by atoms with Crippen LogP contribution in [0.5, 0.6) is 0 Å². The molecule has 2 N–H and O–H groups in total. The van der Waals surface area contributed by atoms with E-state index in [2.05, 4.69) is 5.32 Å². The molecular weight excluding hydrogens is 312 g/mol. The van der Waals surface area contributed by atoms with Crippen molar-refractivity contribution >= 4 is 28.4 Å². The third-order valence-electron chi connectivity index (χ3n) is 3.86. The summed E-state index contributed by atoms with van der Waals surface area (Å²) in [6.07, 6.45) is 1.22. The number of aryl methyl sites for hydroxylation is 1. The van der Waals surface area contributed by atoms with Crippen LogP contribution in [0.15, 0.2) is 54.7 Å². The predicted octanol–water partition coefficient (Wildman–Crippen LogP) is 3.30. The van der Waals surface area contributed by atoms with E-state index in [4.69, 9.17) is 11.6 Å². The van der Waals surface area contributed by atoms with Crippen molar-refractivity contribution in [1.82, 2.24) is 9.88 Å². The topological polar surface area (TPSA) is 54.3 Å². The van der Waals surface area contributed by atoms with Crippen LogP contribution >= 0.6 is 11.6 Å². The predicted molar refractivity (Wildman–Crippen MR) is 91.7 cm³/mol. The van der Waals surface area contributed by atoms with Crippen molar-refractivity contribution in [3.8, 4) is 0 Å². The van der Waals surface area contributed by atoms with Gasteiger partial charge in [0.2, 0.25) is 0 Å². The first-order valence-electron chi connectivity index (χ1n) is 7.31. The number of aromatic nitrogens is 1. The van der Waals surface area contributed by atoms with Gasteiger partial charge >= 0.3 is 0 Å². The Hall–Kier alpha value is -2.30. The average molecular weight is 329 g/mol. The van der Waals surface area contributed by atoms with Gasteiger partial charge in [-0.1, -0.05) is 17.7 Å². The van der Waals surface area contributed by atoms with Crippen LogP contribution in [0, 0.1) is 0 Å². The maximum atomic E-state index is 12.0. The van der Waals surface area contributed by atoms with E-state index < -0.39 is 6.10 Å². The molecule has 1 heterocycles. The summed E-state index contributed by atoms with van der Waals surface area (Å²) in [5, 5.41) is 14.7. The van der Waals surface area contributed by atoms with Crippen LogP contribution in [0.1, 0.15) is 22.0 Å². The zero-order valence-corrected chi connectivity index (χ0v) is 13.4. The molecule has 0 saturated heterocycles. The van der Waals surface area contributed by atoms with Gasteiger partial charge in [0.25, 0.3) is 5.91 Å². The summed E-state index contributed by atoms with van der Waals surface area (Å²) in [5.41, 5.74) is 2.39. The average Bonchev–Trinajstić information content (AvgIpc) is 2.93. The molecule has 1 unspecified atom stereocenters. The molecule has 0 aliphatic carbocycles.